The molecule has 0 fully saturated rings. The van der Waals surface area contributed by atoms with Gasteiger partial charge in [0.15, 0.2) is 0 Å². The second kappa shape index (κ2) is 7.48. The van der Waals surface area contributed by atoms with Crippen molar-refractivity contribution in [3.8, 4) is 12.3 Å². The Bertz CT molecular complexity index is 83.4. The Balaban J connectivity index is 2.69. The SMILES string of the molecule is C#CCCNCCCN. The first kappa shape index (κ1) is 8.48. The molecule has 0 aromatic rings. The van der Waals surface area contributed by atoms with Crippen molar-refractivity contribution in [1.29, 1.82) is 0 Å². The number of hydrogen-bond donors (Lipinski definition) is 2. The molecule has 0 atom stereocenters. The van der Waals surface area contributed by atoms with Crippen molar-refractivity contribution in [3.63, 3.8) is 0 Å². The van der Waals surface area contributed by atoms with Crippen LogP contribution < -0.4 is 11.1 Å². The van der Waals surface area contributed by atoms with E-state index in [-0.39, 0.29) is 0 Å². The summed E-state index contributed by atoms with van der Waals surface area (Å²) in [6, 6.07) is 0. The molecular weight excluding hydrogens is 112 g/mol. The van der Waals surface area contributed by atoms with Crippen molar-refractivity contribution in [2.45, 2.75) is 12.8 Å². The predicted molar refractivity (Wildman–Crippen MR) is 40.0 cm³/mol. The zero-order valence-electron chi connectivity index (χ0n) is 5.69. The molecule has 0 saturated heterocycles. The summed E-state index contributed by atoms with van der Waals surface area (Å²) in [5.41, 5.74) is 5.26. The van der Waals surface area contributed by atoms with E-state index in [4.69, 9.17) is 12.2 Å². The van der Waals surface area contributed by atoms with Crippen LogP contribution in [-0.2, 0) is 0 Å². The Morgan fingerprint density at radius 3 is 2.78 bits per heavy atom. The molecule has 0 spiro atoms. The molecule has 9 heavy (non-hydrogen) atoms. The summed E-state index contributed by atoms with van der Waals surface area (Å²) < 4.78 is 0. The normalized spacial score (nSPS) is 8.89. The summed E-state index contributed by atoms with van der Waals surface area (Å²) in [6.07, 6.45) is 6.87. The van der Waals surface area contributed by atoms with Crippen LogP contribution in [0.5, 0.6) is 0 Å². The molecule has 3 N–H and O–H groups in total. The molecule has 0 bridgehead atoms. The Labute approximate surface area is 56.8 Å². The van der Waals surface area contributed by atoms with Crippen molar-refractivity contribution >= 4 is 0 Å². The van der Waals surface area contributed by atoms with E-state index in [1.807, 2.05) is 0 Å². The lowest BCUT2D eigenvalue weighted by atomic mass is 10.4. The van der Waals surface area contributed by atoms with E-state index in [0.717, 1.165) is 32.5 Å². The summed E-state index contributed by atoms with van der Waals surface area (Å²) in [6.45, 7) is 2.65. The molecule has 2 heteroatoms. The lowest BCUT2D eigenvalue weighted by Crippen LogP contribution is -2.18. The van der Waals surface area contributed by atoms with Crippen molar-refractivity contribution in [2.75, 3.05) is 19.6 Å². The summed E-state index contributed by atoms with van der Waals surface area (Å²) in [7, 11) is 0. The number of rotatable bonds is 5. The topological polar surface area (TPSA) is 38.0 Å². The maximum atomic E-state index is 5.26. The van der Waals surface area contributed by atoms with Gasteiger partial charge in [-0.25, -0.2) is 0 Å². The van der Waals surface area contributed by atoms with Crippen LogP contribution in [0.15, 0.2) is 0 Å². The molecule has 0 aliphatic carbocycles. The highest BCUT2D eigenvalue weighted by Crippen LogP contribution is 1.72. The highest BCUT2D eigenvalue weighted by atomic mass is 14.8. The third kappa shape index (κ3) is 7.48. The Hall–Kier alpha value is -0.520. The average Bonchev–Trinajstić information content (AvgIpc) is 1.89. The highest BCUT2D eigenvalue weighted by Gasteiger charge is 1.82. The molecular formula is C7H14N2. The minimum absolute atomic E-state index is 0.753. The zero-order chi connectivity index (χ0) is 6.95. The van der Waals surface area contributed by atoms with E-state index >= 15 is 0 Å². The van der Waals surface area contributed by atoms with Gasteiger partial charge < -0.3 is 11.1 Å². The van der Waals surface area contributed by atoms with Gasteiger partial charge in [-0.05, 0) is 19.5 Å². The third-order valence-electron chi connectivity index (χ3n) is 1.00. The van der Waals surface area contributed by atoms with Crippen LogP contribution in [0.3, 0.4) is 0 Å². The van der Waals surface area contributed by atoms with Crippen molar-refractivity contribution in [2.24, 2.45) is 5.73 Å². The molecule has 0 aliphatic rings. The molecule has 0 amide bonds. The first-order valence-electron chi connectivity index (χ1n) is 3.26. The van der Waals surface area contributed by atoms with Gasteiger partial charge in [0.05, 0.1) is 0 Å². The molecule has 52 valence electrons. The molecule has 0 aliphatic heterocycles. The van der Waals surface area contributed by atoms with Crippen LogP contribution >= 0.6 is 0 Å². The minimum atomic E-state index is 0.753. The lowest BCUT2D eigenvalue weighted by Gasteiger charge is -1.97. The summed E-state index contributed by atoms with van der Waals surface area (Å²) in [5.74, 6) is 2.55. The number of nitrogens with two attached hydrogens (primary N) is 1. The maximum Gasteiger partial charge on any atom is 0.0211 e. The Morgan fingerprint density at radius 2 is 2.22 bits per heavy atom. The van der Waals surface area contributed by atoms with E-state index in [9.17, 15) is 0 Å². The fraction of sp³-hybridized carbons (Fsp3) is 0.714. The number of terminal acetylenes is 1. The van der Waals surface area contributed by atoms with Crippen LogP contribution in [0.4, 0.5) is 0 Å². The Kier molecular flexibility index (Phi) is 7.05. The van der Waals surface area contributed by atoms with E-state index in [1.165, 1.54) is 0 Å². The fourth-order valence-electron chi connectivity index (χ4n) is 0.513. The smallest absolute Gasteiger partial charge is 0.0211 e. The van der Waals surface area contributed by atoms with Crippen molar-refractivity contribution < 1.29 is 0 Å². The van der Waals surface area contributed by atoms with Gasteiger partial charge in [0.2, 0.25) is 0 Å². The number of hydrogen-bond acceptors (Lipinski definition) is 2. The molecule has 2 nitrogen and oxygen atoms in total. The van der Waals surface area contributed by atoms with Crippen molar-refractivity contribution in [3.05, 3.63) is 0 Å². The molecule has 0 rings (SSSR count). The largest absolute Gasteiger partial charge is 0.330 e. The second-order valence-electron chi connectivity index (χ2n) is 1.85. The quantitative estimate of drug-likeness (QED) is 0.400. The summed E-state index contributed by atoms with van der Waals surface area (Å²) in [5, 5.41) is 3.16. The zero-order valence-corrected chi connectivity index (χ0v) is 5.69. The fourth-order valence-corrected chi connectivity index (χ4v) is 0.513. The van der Waals surface area contributed by atoms with Gasteiger partial charge in [-0.3, -0.25) is 0 Å². The first-order chi connectivity index (χ1) is 4.41. The van der Waals surface area contributed by atoms with E-state index in [2.05, 4.69) is 11.2 Å². The number of nitrogens with one attached hydrogen (secondary N) is 1. The van der Waals surface area contributed by atoms with Crippen LogP contribution in [0.2, 0.25) is 0 Å². The highest BCUT2D eigenvalue weighted by molar-refractivity contribution is 4.83. The molecule has 0 aromatic carbocycles. The van der Waals surface area contributed by atoms with Crippen LogP contribution in [-0.4, -0.2) is 19.6 Å². The van der Waals surface area contributed by atoms with Crippen molar-refractivity contribution in [1.82, 2.24) is 5.32 Å². The molecule has 0 saturated carbocycles. The molecule has 0 unspecified atom stereocenters. The van der Waals surface area contributed by atoms with Gasteiger partial charge in [-0.15, -0.1) is 12.3 Å². The monoisotopic (exact) mass is 126 g/mol. The Morgan fingerprint density at radius 1 is 1.44 bits per heavy atom. The summed E-state index contributed by atoms with van der Waals surface area (Å²) in [4.78, 5) is 0. The van der Waals surface area contributed by atoms with Crippen LogP contribution in [0.25, 0.3) is 0 Å². The summed E-state index contributed by atoms with van der Waals surface area (Å²) >= 11 is 0. The van der Waals surface area contributed by atoms with Gasteiger partial charge in [-0.1, -0.05) is 0 Å². The van der Waals surface area contributed by atoms with Crippen LogP contribution in [0.1, 0.15) is 12.8 Å². The molecule has 0 aromatic heterocycles. The van der Waals surface area contributed by atoms with E-state index < -0.39 is 0 Å². The van der Waals surface area contributed by atoms with E-state index in [0.29, 0.717) is 0 Å². The maximum absolute atomic E-state index is 5.26. The third-order valence-corrected chi connectivity index (χ3v) is 1.00. The van der Waals surface area contributed by atoms with Gasteiger partial charge in [-0.2, -0.15) is 0 Å². The van der Waals surface area contributed by atoms with Gasteiger partial charge >= 0.3 is 0 Å². The molecule has 0 radical (unpaired) electrons. The standard InChI is InChI=1S/C7H14N2/c1-2-3-6-9-7-4-5-8/h1,9H,3-8H2. The second-order valence-corrected chi connectivity index (χ2v) is 1.85. The predicted octanol–water partition coefficient (Wildman–Crippen LogP) is -0.0519. The van der Waals surface area contributed by atoms with Crippen LogP contribution in [0, 0.1) is 12.3 Å². The van der Waals surface area contributed by atoms with Gasteiger partial charge in [0.1, 0.15) is 0 Å². The lowest BCUT2D eigenvalue weighted by molar-refractivity contribution is 0.663. The first-order valence-corrected chi connectivity index (χ1v) is 3.26. The average molecular weight is 126 g/mol. The van der Waals surface area contributed by atoms with E-state index in [1.54, 1.807) is 0 Å². The van der Waals surface area contributed by atoms with Gasteiger partial charge in [0.25, 0.3) is 0 Å². The molecule has 0 heterocycles. The minimum Gasteiger partial charge on any atom is -0.330 e. The van der Waals surface area contributed by atoms with Gasteiger partial charge in [0, 0.05) is 13.0 Å².